The second kappa shape index (κ2) is 9.56. The summed E-state index contributed by atoms with van der Waals surface area (Å²) in [6.07, 6.45) is -5.03. The number of amides is 1. The lowest BCUT2D eigenvalue weighted by Crippen LogP contribution is -2.41. The Balaban J connectivity index is 2.40. The van der Waals surface area contributed by atoms with E-state index in [2.05, 4.69) is 20.1 Å². The van der Waals surface area contributed by atoms with E-state index in [9.17, 15) is 28.1 Å². The number of thiocyanates is 1. The third-order valence-electron chi connectivity index (χ3n) is 3.19. The fraction of sp³-hybridized carbons (Fsp3) is 0.294. The zero-order chi connectivity index (χ0) is 24.1. The molecule has 1 N–H and O–H groups in total. The lowest BCUT2D eigenvalue weighted by molar-refractivity contribution is -0.388. The first-order valence-corrected chi connectivity index (χ1v) is 9.33. The van der Waals surface area contributed by atoms with Gasteiger partial charge in [-0.15, -0.1) is 13.2 Å². The van der Waals surface area contributed by atoms with E-state index in [0.717, 1.165) is 35.5 Å². The van der Waals surface area contributed by atoms with E-state index in [4.69, 9.17) is 10.00 Å². The van der Waals surface area contributed by atoms with Crippen LogP contribution in [-0.4, -0.2) is 32.9 Å². The van der Waals surface area contributed by atoms with Crippen molar-refractivity contribution in [3.8, 4) is 11.2 Å². The number of carbonyl (C=O) groups is 1. The second-order valence-corrected chi connectivity index (χ2v) is 7.58. The van der Waals surface area contributed by atoms with Gasteiger partial charge in [0.25, 0.3) is 0 Å². The first-order valence-electron chi connectivity index (χ1n) is 8.52. The number of nitro groups is 1. The maximum Gasteiger partial charge on any atom is 0.573 e. The molecule has 0 aliphatic carbocycles. The first-order chi connectivity index (χ1) is 14.8. The fourth-order valence-electron chi connectivity index (χ4n) is 2.08. The summed E-state index contributed by atoms with van der Waals surface area (Å²) >= 11 is 0.408. The summed E-state index contributed by atoms with van der Waals surface area (Å²) in [4.78, 5) is 30.5. The Hall–Kier alpha value is -3.80. The van der Waals surface area contributed by atoms with Gasteiger partial charge in [-0.3, -0.25) is 15.5 Å². The zero-order valence-corrected chi connectivity index (χ0v) is 17.5. The average Bonchev–Trinajstić information content (AvgIpc) is 2.64. The zero-order valence-electron chi connectivity index (χ0n) is 16.7. The molecule has 0 bridgehead atoms. The molecule has 0 saturated heterocycles. The summed E-state index contributed by atoms with van der Waals surface area (Å²) in [6.45, 7) is 4.77. The standard InChI is InChI=1S/C17H15F3N6O5S/c1-16(2,3)31-15(27)25(10-4-6-11(7-5-10)30-17(18,19)20)24-14-22-8-12(26(28)29)13(23-14)32-9-21/h4-8H,1-3H3,(H,22,23,24). The van der Waals surface area contributed by atoms with Crippen molar-refractivity contribution in [3.63, 3.8) is 0 Å². The van der Waals surface area contributed by atoms with E-state index in [1.54, 1.807) is 26.2 Å². The molecule has 0 saturated carbocycles. The Morgan fingerprint density at radius 3 is 2.41 bits per heavy atom. The summed E-state index contributed by atoms with van der Waals surface area (Å²) in [5, 5.41) is 22.0. The molecule has 0 atom stereocenters. The number of alkyl halides is 3. The first kappa shape index (κ1) is 24.5. The maximum absolute atomic E-state index is 12.7. The predicted molar refractivity (Wildman–Crippen MR) is 106 cm³/mol. The average molecular weight is 472 g/mol. The summed E-state index contributed by atoms with van der Waals surface area (Å²) < 4.78 is 46.2. The molecule has 0 unspecified atom stereocenters. The molecule has 1 aromatic carbocycles. The van der Waals surface area contributed by atoms with E-state index < -0.39 is 34.4 Å². The van der Waals surface area contributed by atoms with Crippen LogP contribution in [0.1, 0.15) is 20.8 Å². The highest BCUT2D eigenvalue weighted by atomic mass is 32.2. The number of rotatable bonds is 6. The molecule has 1 amide bonds. The van der Waals surface area contributed by atoms with Crippen molar-refractivity contribution in [3.05, 3.63) is 40.6 Å². The molecule has 0 fully saturated rings. The van der Waals surface area contributed by atoms with Gasteiger partial charge in [-0.2, -0.15) is 15.3 Å². The van der Waals surface area contributed by atoms with Gasteiger partial charge >= 0.3 is 18.1 Å². The number of aromatic nitrogens is 2. The number of benzene rings is 1. The van der Waals surface area contributed by atoms with Gasteiger partial charge in [-0.05, 0) is 45.0 Å². The topological polar surface area (TPSA) is 144 Å². The van der Waals surface area contributed by atoms with E-state index in [1.165, 1.54) is 0 Å². The minimum atomic E-state index is -4.90. The van der Waals surface area contributed by atoms with Gasteiger partial charge in [-0.25, -0.2) is 9.78 Å². The molecule has 0 radical (unpaired) electrons. The summed E-state index contributed by atoms with van der Waals surface area (Å²) in [6, 6.07) is 4.20. The van der Waals surface area contributed by atoms with Gasteiger partial charge in [0, 0.05) is 11.8 Å². The van der Waals surface area contributed by atoms with Crippen LogP contribution < -0.4 is 15.2 Å². The van der Waals surface area contributed by atoms with Crippen LogP contribution in [0.3, 0.4) is 0 Å². The van der Waals surface area contributed by atoms with E-state index in [1.807, 2.05) is 0 Å². The summed E-state index contributed by atoms with van der Waals surface area (Å²) in [7, 11) is 0. The number of nitriles is 1. The summed E-state index contributed by atoms with van der Waals surface area (Å²) in [5.41, 5.74) is 1.03. The summed E-state index contributed by atoms with van der Waals surface area (Å²) in [5.74, 6) is -0.834. The number of hydrazine groups is 1. The molecule has 2 aromatic rings. The monoisotopic (exact) mass is 472 g/mol. The van der Waals surface area contributed by atoms with E-state index in [-0.39, 0.29) is 16.7 Å². The smallest absolute Gasteiger partial charge is 0.442 e. The Kier molecular flexibility index (Phi) is 7.31. The quantitative estimate of drug-likeness (QED) is 0.208. The third-order valence-corrected chi connectivity index (χ3v) is 3.78. The molecule has 2 rings (SSSR count). The SMILES string of the molecule is CC(C)(C)OC(=O)N(Nc1ncc([N+](=O)[O-])c(SC#N)n1)c1ccc(OC(F)(F)F)cc1. The Bertz CT molecular complexity index is 1040. The van der Waals surface area contributed by atoms with Gasteiger partial charge in [0.1, 0.15) is 22.9 Å². The number of halogens is 3. The van der Waals surface area contributed by atoms with Crippen molar-refractivity contribution in [2.24, 2.45) is 0 Å². The minimum Gasteiger partial charge on any atom is -0.442 e. The highest BCUT2D eigenvalue weighted by molar-refractivity contribution is 8.03. The lowest BCUT2D eigenvalue weighted by Gasteiger charge is -2.27. The molecule has 0 aliphatic rings. The molecule has 1 aromatic heterocycles. The Morgan fingerprint density at radius 1 is 1.28 bits per heavy atom. The van der Waals surface area contributed by atoms with Crippen molar-refractivity contribution < 1.29 is 32.4 Å². The van der Waals surface area contributed by atoms with Crippen molar-refractivity contribution in [1.82, 2.24) is 9.97 Å². The lowest BCUT2D eigenvalue weighted by atomic mass is 10.2. The Morgan fingerprint density at radius 2 is 1.91 bits per heavy atom. The van der Waals surface area contributed by atoms with E-state index in [0.29, 0.717) is 11.8 Å². The van der Waals surface area contributed by atoms with Crippen LogP contribution in [0.15, 0.2) is 35.5 Å². The molecular formula is C17H15F3N6O5S. The number of hydrogen-bond acceptors (Lipinski definition) is 10. The van der Waals surface area contributed by atoms with Crippen molar-refractivity contribution in [2.75, 3.05) is 10.4 Å². The fourth-order valence-corrected chi connectivity index (χ4v) is 2.53. The predicted octanol–water partition coefficient (Wildman–Crippen LogP) is 4.63. The van der Waals surface area contributed by atoms with Crippen molar-refractivity contribution in [2.45, 2.75) is 37.8 Å². The highest BCUT2D eigenvalue weighted by Gasteiger charge is 2.31. The Labute approximate surface area is 183 Å². The number of anilines is 2. The van der Waals surface area contributed by atoms with Crippen LogP contribution in [-0.2, 0) is 4.74 Å². The third kappa shape index (κ3) is 7.16. The number of nitrogens with zero attached hydrogens (tertiary/aromatic N) is 5. The van der Waals surface area contributed by atoms with Crippen LogP contribution in [0.5, 0.6) is 5.75 Å². The number of hydrogen-bond donors (Lipinski definition) is 1. The molecule has 1 heterocycles. The molecular weight excluding hydrogens is 457 g/mol. The van der Waals surface area contributed by atoms with Gasteiger partial charge < -0.3 is 9.47 Å². The molecule has 0 spiro atoms. The molecule has 15 heteroatoms. The number of carbonyl (C=O) groups excluding carboxylic acids is 1. The van der Waals surface area contributed by atoms with E-state index >= 15 is 0 Å². The van der Waals surface area contributed by atoms with Gasteiger partial charge in [0.05, 0.1) is 10.6 Å². The molecule has 0 aliphatic heterocycles. The van der Waals surface area contributed by atoms with Crippen molar-refractivity contribution in [1.29, 1.82) is 5.26 Å². The maximum atomic E-state index is 12.7. The van der Waals surface area contributed by atoms with Crippen LogP contribution in [0.4, 0.5) is 35.3 Å². The van der Waals surface area contributed by atoms with Crippen LogP contribution in [0.25, 0.3) is 0 Å². The van der Waals surface area contributed by atoms with Crippen LogP contribution in [0.2, 0.25) is 0 Å². The highest BCUT2D eigenvalue weighted by Crippen LogP contribution is 2.29. The van der Waals surface area contributed by atoms with Gasteiger partial charge in [0.2, 0.25) is 5.95 Å². The number of nitrogens with one attached hydrogen (secondary N) is 1. The van der Waals surface area contributed by atoms with Gasteiger partial charge in [-0.1, -0.05) is 0 Å². The number of ether oxygens (including phenoxy) is 2. The molecule has 32 heavy (non-hydrogen) atoms. The normalized spacial score (nSPS) is 11.3. The largest absolute Gasteiger partial charge is 0.573 e. The minimum absolute atomic E-state index is 0.0187. The van der Waals surface area contributed by atoms with Crippen LogP contribution >= 0.6 is 11.8 Å². The number of thioether (sulfide) groups is 1. The van der Waals surface area contributed by atoms with Gasteiger partial charge in [0.15, 0.2) is 5.03 Å². The van der Waals surface area contributed by atoms with Crippen molar-refractivity contribution >= 4 is 35.2 Å². The second-order valence-electron chi connectivity index (χ2n) is 6.80. The molecule has 170 valence electrons. The van der Waals surface area contributed by atoms with Crippen LogP contribution in [0, 0.1) is 20.8 Å². The molecule has 11 nitrogen and oxygen atoms in total.